The number of halogens is 6. The third-order valence-electron chi connectivity index (χ3n) is 12.7. The van der Waals surface area contributed by atoms with Gasteiger partial charge in [0.25, 0.3) is 0 Å². The maximum Gasteiger partial charge on any atom is 0.310 e. The monoisotopic (exact) mass is 1090 g/mol. The van der Waals surface area contributed by atoms with Gasteiger partial charge in [-0.15, -0.1) is 22.2 Å². The van der Waals surface area contributed by atoms with Crippen molar-refractivity contribution in [2.24, 2.45) is 0 Å². The Kier molecular flexibility index (Phi) is 13.5. The summed E-state index contributed by atoms with van der Waals surface area (Å²) in [6.45, 7) is -2.59. The van der Waals surface area contributed by atoms with Crippen LogP contribution in [0.4, 0.5) is 0 Å². The van der Waals surface area contributed by atoms with E-state index in [4.69, 9.17) is 87.5 Å². The van der Waals surface area contributed by atoms with Crippen LogP contribution in [0.1, 0.15) is 0 Å². The van der Waals surface area contributed by atoms with Crippen LogP contribution in [0, 0.1) is 0 Å². The number of benzene rings is 10. The fourth-order valence-electron chi connectivity index (χ4n) is 9.48. The van der Waals surface area contributed by atoms with Gasteiger partial charge in [0.1, 0.15) is 0 Å². The van der Waals surface area contributed by atoms with Crippen LogP contribution in [0.15, 0.2) is 231 Å². The molecule has 0 fully saturated rings. The number of hydrogen-bond donors (Lipinski definition) is 0. The predicted octanol–water partition coefficient (Wildman–Crippen LogP) is 15.5. The summed E-state index contributed by atoms with van der Waals surface area (Å²) in [5.74, 6) is 5.58. The third kappa shape index (κ3) is 8.86. The van der Waals surface area contributed by atoms with Gasteiger partial charge < -0.3 is 18.9 Å². The zero-order valence-corrected chi connectivity index (χ0v) is 44.4. The van der Waals surface area contributed by atoms with Crippen molar-refractivity contribution in [1.29, 1.82) is 0 Å². The van der Waals surface area contributed by atoms with Gasteiger partial charge >= 0.3 is 6.69 Å². The second-order valence-electron chi connectivity index (χ2n) is 17.0. The van der Waals surface area contributed by atoms with E-state index in [1.807, 2.05) is 140 Å². The molecule has 0 N–H and O–H groups in total. The van der Waals surface area contributed by atoms with E-state index >= 15 is 0 Å². The van der Waals surface area contributed by atoms with E-state index in [2.05, 4.69) is 78.9 Å². The second kappa shape index (κ2) is 20.2. The summed E-state index contributed by atoms with van der Waals surface area (Å²) in [5, 5.41) is 9.84. The number of ether oxygens (including phenoxy) is 4. The number of para-hydroxylation sites is 4. The summed E-state index contributed by atoms with van der Waals surface area (Å²) in [4.78, 5) is 0. The van der Waals surface area contributed by atoms with E-state index in [0.717, 1.165) is 55.1 Å². The first kappa shape index (κ1) is 47.9. The Balaban J connectivity index is 0.000000127. The highest BCUT2D eigenvalue weighted by Crippen LogP contribution is 2.53. The molecule has 0 bridgehead atoms. The maximum absolute atomic E-state index is 6.54. The van der Waals surface area contributed by atoms with E-state index in [0.29, 0.717) is 38.1 Å². The summed E-state index contributed by atoms with van der Waals surface area (Å²) in [5.41, 5.74) is 3.89. The highest BCUT2D eigenvalue weighted by atomic mass is 35.7. The Morgan fingerprint density at radius 2 is 0.750 bits per heavy atom. The molecule has 1 unspecified atom stereocenters. The molecule has 3 aliphatic heterocycles. The van der Waals surface area contributed by atoms with Crippen LogP contribution in [0.3, 0.4) is 0 Å². The van der Waals surface area contributed by atoms with Gasteiger partial charge in [-0.05, 0) is 109 Å². The number of rotatable bonds is 5. The fraction of sp³-hybridized carbons (Fsp3) is 0. The Morgan fingerprint density at radius 1 is 0.306 bits per heavy atom. The molecule has 0 amide bonds. The van der Waals surface area contributed by atoms with Crippen molar-refractivity contribution in [3.05, 3.63) is 251 Å². The quantitative estimate of drug-likeness (QED) is 0.127. The topological polar surface area (TPSA) is 36.9 Å². The summed E-state index contributed by atoms with van der Waals surface area (Å²) in [7, 11) is -2.59. The zero-order valence-electron chi connectivity index (χ0n) is 37.8. The molecule has 10 aromatic rings. The lowest BCUT2D eigenvalue weighted by Crippen LogP contribution is -2.72. The van der Waals surface area contributed by atoms with Crippen molar-refractivity contribution < 1.29 is 18.9 Å². The van der Waals surface area contributed by atoms with E-state index in [1.54, 1.807) is 12.1 Å². The van der Waals surface area contributed by atoms with Gasteiger partial charge in [-0.2, -0.15) is 0 Å². The van der Waals surface area contributed by atoms with Gasteiger partial charge in [0.2, 0.25) is 0 Å². The van der Waals surface area contributed by atoms with Crippen molar-refractivity contribution in [1.82, 2.24) is 0 Å². The van der Waals surface area contributed by atoms with E-state index in [9.17, 15) is 0 Å². The van der Waals surface area contributed by atoms with Gasteiger partial charge in [0.15, 0.2) is 54.1 Å². The number of hydrogen-bond acceptors (Lipinski definition) is 4. The first-order valence-electron chi connectivity index (χ1n) is 22.9. The molecule has 72 heavy (non-hydrogen) atoms. The minimum Gasteiger partial charge on any atom is -0.449 e. The normalized spacial score (nSPS) is 14.2. The van der Waals surface area contributed by atoms with Crippen LogP contribution in [0.2, 0.25) is 20.1 Å². The standard InChI is InChI=1S/C30H19ClO2Si.C18H10Cl2O2.C12H9Cl3Si/c31-20-14-16-22(17-15-20)34(21-8-2-1-3-9-21)27-13-7-4-10-23(27)29-28(34)19-18-26-30(29)33-25-12-6-5-11-24(25)32-26;19-12-6-2-1-5-11(12)17-13(20)9-10-16-18(17)22-15-8-4-3-7-14(15)21-16;13-10-6-8-12(9-7-10)16(14,15)11-4-2-1-3-5-11/h1-19H;1-10H;1-9H. The molecule has 0 radical (unpaired) electrons. The Morgan fingerprint density at radius 3 is 1.35 bits per heavy atom. The summed E-state index contributed by atoms with van der Waals surface area (Å²) < 4.78 is 24.8. The van der Waals surface area contributed by atoms with Gasteiger partial charge in [-0.1, -0.05) is 204 Å². The molecule has 0 saturated carbocycles. The molecule has 12 heteroatoms. The zero-order chi connectivity index (χ0) is 49.4. The SMILES string of the molecule is Clc1ccc([Si](Cl)(Cl)c2ccccc2)cc1.Clc1ccc([Si]2(c3ccccc3)c3ccccc3-c3c2ccc2c3Oc3ccccc3O2)cc1.Clc1ccccc1-c1c(Cl)ccc2c1Oc1ccccc1O2. The third-order valence-corrected chi connectivity index (χ3v) is 23.5. The van der Waals surface area contributed by atoms with Gasteiger partial charge in [-0.3, -0.25) is 0 Å². The van der Waals surface area contributed by atoms with Crippen molar-refractivity contribution >= 4 is 114 Å². The molecule has 1 atom stereocenters. The van der Waals surface area contributed by atoms with Gasteiger partial charge in [0, 0.05) is 31.8 Å². The highest BCUT2D eigenvalue weighted by Gasteiger charge is 2.50. The minimum absolute atomic E-state index is 0.565. The molecule has 10 aromatic carbocycles. The lowest BCUT2D eigenvalue weighted by atomic mass is 10.0. The van der Waals surface area contributed by atoms with Crippen molar-refractivity contribution in [2.45, 2.75) is 0 Å². The molecule has 4 nitrogen and oxygen atoms in total. The molecule has 3 aliphatic rings. The first-order valence-corrected chi connectivity index (χ1v) is 30.4. The molecule has 3 heterocycles. The van der Waals surface area contributed by atoms with Crippen LogP contribution in [-0.4, -0.2) is 14.8 Å². The first-order chi connectivity index (χ1) is 35.1. The molecule has 13 rings (SSSR count). The lowest BCUT2D eigenvalue weighted by Gasteiger charge is -2.31. The van der Waals surface area contributed by atoms with E-state index in [-0.39, 0.29) is 0 Å². The van der Waals surface area contributed by atoms with Gasteiger partial charge in [-0.25, -0.2) is 0 Å². The molecule has 352 valence electrons. The Bertz CT molecular complexity index is 3620. The van der Waals surface area contributed by atoms with E-state index in [1.165, 1.54) is 26.3 Å². The summed E-state index contributed by atoms with van der Waals surface area (Å²) >= 11 is 37.9. The number of fused-ring (bicyclic) bond motifs is 8. The average molecular weight is 1090 g/mol. The average Bonchev–Trinajstić information content (AvgIpc) is 3.73. The van der Waals surface area contributed by atoms with Crippen LogP contribution >= 0.6 is 68.6 Å². The smallest absolute Gasteiger partial charge is 0.310 e. The van der Waals surface area contributed by atoms with Crippen molar-refractivity contribution in [3.63, 3.8) is 0 Å². The summed E-state index contributed by atoms with van der Waals surface area (Å²) in [6, 6.07) is 75.9. The Labute approximate surface area is 448 Å². The Hall–Kier alpha value is -6.43. The van der Waals surface area contributed by atoms with Crippen LogP contribution in [0.25, 0.3) is 22.3 Å². The second-order valence-corrected chi connectivity index (χ2v) is 28.7. The fourth-order valence-corrected chi connectivity index (χ4v) is 18.4. The maximum atomic E-state index is 6.54. The van der Waals surface area contributed by atoms with Crippen molar-refractivity contribution in [3.8, 4) is 68.2 Å². The highest BCUT2D eigenvalue weighted by molar-refractivity contribution is 7.56. The predicted molar refractivity (Wildman–Crippen MR) is 304 cm³/mol. The molecule has 0 aliphatic carbocycles. The van der Waals surface area contributed by atoms with Gasteiger partial charge in [0.05, 0.1) is 5.02 Å². The molecule has 0 spiro atoms. The van der Waals surface area contributed by atoms with Crippen LogP contribution < -0.4 is 50.1 Å². The largest absolute Gasteiger partial charge is 0.449 e. The minimum atomic E-state index is -2.59. The molecular weight excluding hydrogens is 1050 g/mol. The van der Waals surface area contributed by atoms with Crippen molar-refractivity contribution in [2.75, 3.05) is 0 Å². The van der Waals surface area contributed by atoms with Crippen LogP contribution in [0.5, 0.6) is 46.0 Å². The molecule has 0 saturated heterocycles. The lowest BCUT2D eigenvalue weighted by molar-refractivity contribution is 0.361. The van der Waals surface area contributed by atoms with Crippen LogP contribution in [-0.2, 0) is 0 Å². The molecule has 0 aromatic heterocycles. The molecular formula is C60H38Cl6O4Si2. The van der Waals surface area contributed by atoms with E-state index < -0.39 is 14.8 Å². The summed E-state index contributed by atoms with van der Waals surface area (Å²) in [6.07, 6.45) is 0.